The third kappa shape index (κ3) is 111. The number of aliphatic carboxylic acids is 1. The van der Waals surface area contributed by atoms with Crippen LogP contribution in [0.3, 0.4) is 0 Å². The second-order valence-corrected chi connectivity index (χ2v) is 1.24. The Balaban J connectivity index is 0. The smallest absolute Gasteiger partial charge is 0.300 e. The van der Waals surface area contributed by atoms with Crippen molar-refractivity contribution in [2.24, 2.45) is 0 Å². The van der Waals surface area contributed by atoms with Crippen molar-refractivity contribution in [3.63, 3.8) is 0 Å². The molecule has 0 atom stereocenters. The van der Waals surface area contributed by atoms with Gasteiger partial charge in [-0.15, -0.1) is 0 Å². The van der Waals surface area contributed by atoms with Crippen LogP contribution in [0.5, 0.6) is 0 Å². The van der Waals surface area contributed by atoms with Gasteiger partial charge in [-0.2, -0.15) is 0 Å². The molecule has 0 aromatic carbocycles. The normalized spacial score (nSPS) is 7.44. The first-order valence-corrected chi connectivity index (χ1v) is 2.44. The highest BCUT2D eigenvalue weighted by atomic mass is 16.5. The Morgan fingerprint density at radius 2 is 2.00 bits per heavy atom. The number of carboxylic acid groups (broad SMARTS) is 1. The molecule has 0 radical (unpaired) electrons. The standard InChI is InChI=1S/C3H8O2.C2H4O2/c1-5-3-2-4;1-2(3)4/h4H,2-3H2,1H3;1H3,(H,3,4). The zero-order valence-corrected chi connectivity index (χ0v) is 5.63. The van der Waals surface area contributed by atoms with Crippen molar-refractivity contribution in [2.45, 2.75) is 6.92 Å². The lowest BCUT2D eigenvalue weighted by Crippen LogP contribution is -1.91. The Labute approximate surface area is 54.1 Å². The summed E-state index contributed by atoms with van der Waals surface area (Å²) in [5.41, 5.74) is 0. The maximum absolute atomic E-state index is 9.00. The Hall–Kier alpha value is -0.610. The van der Waals surface area contributed by atoms with Gasteiger partial charge in [-0.3, -0.25) is 4.79 Å². The Kier molecular flexibility index (Phi) is 13.0. The zero-order chi connectivity index (χ0) is 7.70. The van der Waals surface area contributed by atoms with Crippen molar-refractivity contribution in [2.75, 3.05) is 20.3 Å². The molecule has 0 unspecified atom stereocenters. The molecule has 9 heavy (non-hydrogen) atoms. The first-order valence-electron chi connectivity index (χ1n) is 2.44. The van der Waals surface area contributed by atoms with Crippen LogP contribution in [-0.2, 0) is 9.53 Å². The average Bonchev–Trinajstić information content (AvgIpc) is 1.66. The lowest BCUT2D eigenvalue weighted by atomic mass is 10.8. The van der Waals surface area contributed by atoms with Gasteiger partial charge in [-0.25, -0.2) is 0 Å². The predicted molar refractivity (Wildman–Crippen MR) is 32.3 cm³/mol. The fourth-order valence-electron chi connectivity index (χ4n) is 0.0913. The molecule has 0 aromatic heterocycles. The minimum absolute atomic E-state index is 0.122. The fourth-order valence-corrected chi connectivity index (χ4v) is 0.0913. The average molecular weight is 136 g/mol. The van der Waals surface area contributed by atoms with Gasteiger partial charge in [0.2, 0.25) is 0 Å². The van der Waals surface area contributed by atoms with E-state index in [1.54, 1.807) is 7.11 Å². The van der Waals surface area contributed by atoms with Crippen LogP contribution in [0.1, 0.15) is 6.92 Å². The Morgan fingerprint density at radius 1 is 1.67 bits per heavy atom. The number of ether oxygens (including phenoxy) is 1. The summed E-state index contributed by atoms with van der Waals surface area (Å²) in [5.74, 6) is -0.833. The van der Waals surface area contributed by atoms with Crippen molar-refractivity contribution in [1.82, 2.24) is 0 Å². The van der Waals surface area contributed by atoms with Crippen LogP contribution in [0.2, 0.25) is 0 Å². The van der Waals surface area contributed by atoms with Gasteiger partial charge in [0.15, 0.2) is 0 Å². The molecule has 0 aliphatic heterocycles. The Bertz CT molecular complexity index is 56.0. The van der Waals surface area contributed by atoms with Crippen LogP contribution in [-0.4, -0.2) is 36.5 Å². The van der Waals surface area contributed by atoms with Gasteiger partial charge in [0.25, 0.3) is 5.97 Å². The van der Waals surface area contributed by atoms with E-state index in [2.05, 4.69) is 4.74 Å². The number of hydrogen-bond donors (Lipinski definition) is 2. The molecular weight excluding hydrogens is 124 g/mol. The number of aliphatic hydroxyl groups is 1. The van der Waals surface area contributed by atoms with E-state index < -0.39 is 5.97 Å². The number of aliphatic hydroxyl groups excluding tert-OH is 1. The molecule has 0 saturated carbocycles. The van der Waals surface area contributed by atoms with Gasteiger partial charge in [0, 0.05) is 14.0 Å². The van der Waals surface area contributed by atoms with E-state index in [0.29, 0.717) is 6.61 Å². The van der Waals surface area contributed by atoms with E-state index in [-0.39, 0.29) is 6.61 Å². The van der Waals surface area contributed by atoms with E-state index in [0.717, 1.165) is 6.92 Å². The Morgan fingerprint density at radius 3 is 2.00 bits per heavy atom. The highest BCUT2D eigenvalue weighted by molar-refractivity contribution is 5.62. The lowest BCUT2D eigenvalue weighted by Gasteiger charge is -1.84. The van der Waals surface area contributed by atoms with Gasteiger partial charge < -0.3 is 14.9 Å². The molecule has 0 rings (SSSR count). The third-order valence-electron chi connectivity index (χ3n) is 0.295. The largest absolute Gasteiger partial charge is 0.481 e. The molecular formula is C5H12O4. The minimum Gasteiger partial charge on any atom is -0.481 e. The van der Waals surface area contributed by atoms with E-state index in [4.69, 9.17) is 15.0 Å². The summed E-state index contributed by atoms with van der Waals surface area (Å²) in [6, 6.07) is 0. The molecule has 2 N–H and O–H groups in total. The number of methoxy groups -OCH3 is 1. The molecule has 0 fully saturated rings. The summed E-state index contributed by atoms with van der Waals surface area (Å²) < 4.78 is 4.44. The summed E-state index contributed by atoms with van der Waals surface area (Å²) in [6.45, 7) is 1.65. The predicted octanol–water partition coefficient (Wildman–Crippen LogP) is -0.284. The van der Waals surface area contributed by atoms with E-state index in [1.807, 2.05) is 0 Å². The molecule has 0 bridgehead atoms. The topological polar surface area (TPSA) is 66.8 Å². The quantitative estimate of drug-likeness (QED) is 0.547. The van der Waals surface area contributed by atoms with Gasteiger partial charge in [-0.05, 0) is 0 Å². The molecule has 4 nitrogen and oxygen atoms in total. The SMILES string of the molecule is CC(=O)O.COCCO. The number of carboxylic acids is 1. The van der Waals surface area contributed by atoms with Crippen molar-refractivity contribution in [1.29, 1.82) is 0 Å². The second kappa shape index (κ2) is 10.4. The minimum atomic E-state index is -0.833. The lowest BCUT2D eigenvalue weighted by molar-refractivity contribution is -0.134. The van der Waals surface area contributed by atoms with Gasteiger partial charge in [0.05, 0.1) is 13.2 Å². The maximum atomic E-state index is 9.00. The fraction of sp³-hybridized carbons (Fsp3) is 0.800. The molecule has 0 aliphatic rings. The van der Waals surface area contributed by atoms with Crippen LogP contribution in [0, 0.1) is 0 Å². The molecule has 0 spiro atoms. The summed E-state index contributed by atoms with van der Waals surface area (Å²) in [7, 11) is 1.55. The summed E-state index contributed by atoms with van der Waals surface area (Å²) in [6.07, 6.45) is 0. The van der Waals surface area contributed by atoms with E-state index >= 15 is 0 Å². The van der Waals surface area contributed by atoms with Gasteiger partial charge >= 0.3 is 0 Å². The number of hydrogen-bond acceptors (Lipinski definition) is 3. The second-order valence-electron chi connectivity index (χ2n) is 1.24. The van der Waals surface area contributed by atoms with Crippen molar-refractivity contribution < 1.29 is 19.7 Å². The molecule has 0 heterocycles. The first-order chi connectivity index (χ1) is 4.15. The molecule has 0 amide bonds. The van der Waals surface area contributed by atoms with Crippen molar-refractivity contribution >= 4 is 5.97 Å². The van der Waals surface area contributed by atoms with Crippen molar-refractivity contribution in [3.8, 4) is 0 Å². The van der Waals surface area contributed by atoms with Gasteiger partial charge in [-0.1, -0.05) is 0 Å². The van der Waals surface area contributed by atoms with Crippen LogP contribution >= 0.6 is 0 Å². The molecule has 0 saturated heterocycles. The van der Waals surface area contributed by atoms with Crippen LogP contribution in [0.25, 0.3) is 0 Å². The van der Waals surface area contributed by atoms with Crippen LogP contribution in [0.15, 0.2) is 0 Å². The summed E-state index contributed by atoms with van der Waals surface area (Å²) in [5, 5.41) is 15.4. The van der Waals surface area contributed by atoms with E-state index in [1.165, 1.54) is 0 Å². The summed E-state index contributed by atoms with van der Waals surface area (Å²) >= 11 is 0. The third-order valence-corrected chi connectivity index (χ3v) is 0.295. The first kappa shape index (κ1) is 11.2. The summed E-state index contributed by atoms with van der Waals surface area (Å²) in [4.78, 5) is 9.00. The molecule has 0 aromatic rings. The number of rotatable bonds is 2. The number of carbonyl (C=O) groups is 1. The van der Waals surface area contributed by atoms with Crippen molar-refractivity contribution in [3.05, 3.63) is 0 Å². The molecule has 56 valence electrons. The van der Waals surface area contributed by atoms with Crippen LogP contribution in [0.4, 0.5) is 0 Å². The molecule has 0 aliphatic carbocycles. The molecule has 4 heteroatoms. The van der Waals surface area contributed by atoms with Crippen LogP contribution < -0.4 is 0 Å². The highest BCUT2D eigenvalue weighted by Crippen LogP contribution is 1.56. The van der Waals surface area contributed by atoms with E-state index in [9.17, 15) is 0 Å². The highest BCUT2D eigenvalue weighted by Gasteiger charge is 1.67. The zero-order valence-electron chi connectivity index (χ0n) is 5.63. The monoisotopic (exact) mass is 136 g/mol. The maximum Gasteiger partial charge on any atom is 0.300 e. The van der Waals surface area contributed by atoms with Gasteiger partial charge in [0.1, 0.15) is 0 Å².